The molecular weight excluding hydrogens is 592 g/mol. The highest BCUT2D eigenvalue weighted by Crippen LogP contribution is 2.31. The first-order chi connectivity index (χ1) is 22.0. The molecule has 0 aromatic rings. The molecule has 0 fully saturated rings. The SMILES string of the molecule is CC(C)C1=C(C(C)C)OCC1.CC(C)C1=C(C(C)C)OCCCO1.CC(C)C1=C(C(C)C)OCCO1.CC(C)C1=C(C(C)C)OCO1. The lowest BCUT2D eigenvalue weighted by molar-refractivity contribution is 0.0364. The van der Waals surface area contributed by atoms with Gasteiger partial charge in [0.15, 0.2) is 0 Å². The standard InChI is InChI=1S/C11H20O2.C10H18O2.C10H18O.C9H16O2/c1-8(2)10-11(9(3)4)13-7-5-6-12-10;1-7(2)9-10(8(3)4)12-6-5-11-9;1-7(2)9-5-6-11-10(9)8(3)4;1-6(2)8-9(7(3)4)11-5-10-8/h8-9H,5-7H2,1-4H3;7-8H,5-6H2,1-4H3;7-8H,5-6H2,1-4H3;6-7H,5H2,1-4H3. The minimum atomic E-state index is 0.404. The van der Waals surface area contributed by atoms with Crippen molar-refractivity contribution in [2.45, 2.75) is 124 Å². The van der Waals surface area contributed by atoms with Crippen LogP contribution in [0.15, 0.2) is 45.9 Å². The Labute approximate surface area is 289 Å². The van der Waals surface area contributed by atoms with Crippen molar-refractivity contribution in [1.82, 2.24) is 0 Å². The van der Waals surface area contributed by atoms with Gasteiger partial charge in [0.05, 0.1) is 25.6 Å². The maximum absolute atomic E-state index is 5.69. The summed E-state index contributed by atoms with van der Waals surface area (Å²) in [6, 6.07) is 0. The van der Waals surface area contributed by atoms with Crippen LogP contribution in [-0.4, -0.2) is 39.8 Å². The van der Waals surface area contributed by atoms with Crippen molar-refractivity contribution in [3.8, 4) is 0 Å². The molecule has 274 valence electrons. The summed E-state index contributed by atoms with van der Waals surface area (Å²) in [6.45, 7) is 38.8. The van der Waals surface area contributed by atoms with E-state index in [1.54, 1.807) is 0 Å². The Kier molecular flexibility index (Phi) is 19.5. The summed E-state index contributed by atoms with van der Waals surface area (Å²) in [5, 5.41) is 0. The van der Waals surface area contributed by atoms with Gasteiger partial charge in [0.25, 0.3) is 0 Å². The van der Waals surface area contributed by atoms with Gasteiger partial charge in [0.1, 0.15) is 47.8 Å². The van der Waals surface area contributed by atoms with E-state index in [0.29, 0.717) is 67.3 Å². The van der Waals surface area contributed by atoms with Crippen molar-refractivity contribution in [3.63, 3.8) is 0 Å². The van der Waals surface area contributed by atoms with E-state index in [1.807, 2.05) is 0 Å². The van der Waals surface area contributed by atoms with E-state index in [2.05, 4.69) is 111 Å². The number of hydrogen-bond acceptors (Lipinski definition) is 7. The molecule has 0 aromatic carbocycles. The summed E-state index contributed by atoms with van der Waals surface area (Å²) < 4.78 is 38.8. The van der Waals surface area contributed by atoms with E-state index in [4.69, 9.17) is 33.2 Å². The monoisotopic (exact) mass is 665 g/mol. The van der Waals surface area contributed by atoms with Gasteiger partial charge in [-0.3, -0.25) is 0 Å². The Balaban J connectivity index is 0.000000314. The van der Waals surface area contributed by atoms with Gasteiger partial charge in [-0.15, -0.1) is 0 Å². The fraction of sp³-hybridized carbons (Fsp3) is 0.800. The molecule has 0 atom stereocenters. The van der Waals surface area contributed by atoms with E-state index < -0.39 is 0 Å². The third-order valence-electron chi connectivity index (χ3n) is 7.87. The molecule has 0 spiro atoms. The third kappa shape index (κ3) is 14.3. The van der Waals surface area contributed by atoms with Gasteiger partial charge in [-0.2, -0.15) is 0 Å². The first-order valence-corrected chi connectivity index (χ1v) is 18.4. The molecule has 47 heavy (non-hydrogen) atoms. The quantitative estimate of drug-likeness (QED) is 0.256. The van der Waals surface area contributed by atoms with Gasteiger partial charge in [-0.05, 0) is 11.5 Å². The van der Waals surface area contributed by atoms with E-state index >= 15 is 0 Å². The van der Waals surface area contributed by atoms with Gasteiger partial charge in [0.2, 0.25) is 6.79 Å². The van der Waals surface area contributed by atoms with Crippen molar-refractivity contribution < 1.29 is 33.2 Å². The van der Waals surface area contributed by atoms with Crippen molar-refractivity contribution in [3.05, 3.63) is 45.9 Å². The number of ether oxygens (including phenoxy) is 7. The predicted octanol–water partition coefficient (Wildman–Crippen LogP) is 11.0. The second-order valence-electron chi connectivity index (χ2n) is 15.1. The minimum Gasteiger partial charge on any atom is -0.497 e. The molecule has 0 amide bonds. The van der Waals surface area contributed by atoms with Crippen LogP contribution >= 0.6 is 0 Å². The summed E-state index contributed by atoms with van der Waals surface area (Å²) in [5.41, 5.74) is 1.53. The fourth-order valence-corrected chi connectivity index (χ4v) is 5.61. The molecule has 4 aliphatic rings. The van der Waals surface area contributed by atoms with Crippen LogP contribution in [0.5, 0.6) is 0 Å². The zero-order chi connectivity index (χ0) is 35.8. The Morgan fingerprint density at radius 1 is 0.298 bits per heavy atom. The molecule has 0 aromatic heterocycles. The zero-order valence-corrected chi connectivity index (χ0v) is 33.1. The second-order valence-corrected chi connectivity index (χ2v) is 15.1. The Morgan fingerprint density at radius 3 is 0.851 bits per heavy atom. The van der Waals surface area contributed by atoms with Crippen molar-refractivity contribution in [1.29, 1.82) is 0 Å². The van der Waals surface area contributed by atoms with E-state index in [1.165, 1.54) is 11.3 Å². The summed E-state index contributed by atoms with van der Waals surface area (Å²) in [7, 11) is 0. The van der Waals surface area contributed by atoms with Crippen molar-refractivity contribution in [2.75, 3.05) is 39.8 Å². The van der Waals surface area contributed by atoms with Gasteiger partial charge in [-0.25, -0.2) is 0 Å². The molecule has 0 radical (unpaired) electrons. The number of allylic oxidation sites excluding steroid dienone is 7. The minimum absolute atomic E-state index is 0.404. The molecule has 0 aliphatic carbocycles. The third-order valence-corrected chi connectivity index (χ3v) is 7.87. The van der Waals surface area contributed by atoms with Gasteiger partial charge in [-0.1, -0.05) is 111 Å². The topological polar surface area (TPSA) is 64.6 Å². The highest BCUT2D eigenvalue weighted by molar-refractivity contribution is 5.16. The molecule has 7 heteroatoms. The van der Waals surface area contributed by atoms with Gasteiger partial charge >= 0.3 is 0 Å². The maximum atomic E-state index is 5.69. The van der Waals surface area contributed by atoms with Gasteiger partial charge in [0, 0.05) is 54.3 Å². The number of hydrogen-bond donors (Lipinski definition) is 0. The maximum Gasteiger partial charge on any atom is 0.230 e. The summed E-state index contributed by atoms with van der Waals surface area (Å²) in [6.07, 6.45) is 2.14. The Bertz CT molecular complexity index is 923. The van der Waals surface area contributed by atoms with Crippen LogP contribution in [0.4, 0.5) is 0 Å². The van der Waals surface area contributed by atoms with Crippen LogP contribution in [-0.2, 0) is 33.2 Å². The predicted molar refractivity (Wildman–Crippen MR) is 193 cm³/mol. The Morgan fingerprint density at radius 2 is 0.574 bits per heavy atom. The lowest BCUT2D eigenvalue weighted by Gasteiger charge is -2.26. The van der Waals surface area contributed by atoms with Crippen LogP contribution < -0.4 is 0 Å². The lowest BCUT2D eigenvalue weighted by atomic mass is 9.96. The Hall–Kier alpha value is -2.44. The molecule has 4 rings (SSSR count). The average molecular weight is 665 g/mol. The van der Waals surface area contributed by atoms with E-state index in [-0.39, 0.29) is 0 Å². The van der Waals surface area contributed by atoms with Crippen LogP contribution in [0.3, 0.4) is 0 Å². The van der Waals surface area contributed by atoms with E-state index in [9.17, 15) is 0 Å². The fourth-order valence-electron chi connectivity index (χ4n) is 5.61. The van der Waals surface area contributed by atoms with Crippen molar-refractivity contribution in [2.24, 2.45) is 47.3 Å². The first kappa shape index (κ1) is 42.6. The van der Waals surface area contributed by atoms with E-state index in [0.717, 1.165) is 67.2 Å². The second kappa shape index (κ2) is 21.5. The van der Waals surface area contributed by atoms with Crippen LogP contribution in [0, 0.1) is 47.3 Å². The average Bonchev–Trinajstić information content (AvgIpc) is 3.64. The van der Waals surface area contributed by atoms with Gasteiger partial charge < -0.3 is 33.2 Å². The zero-order valence-electron chi connectivity index (χ0n) is 33.1. The molecule has 0 unspecified atom stereocenters. The number of rotatable bonds is 8. The van der Waals surface area contributed by atoms with Crippen LogP contribution in [0.25, 0.3) is 0 Å². The molecule has 0 N–H and O–H groups in total. The highest BCUT2D eigenvalue weighted by atomic mass is 16.7. The summed E-state index contributed by atoms with van der Waals surface area (Å²) >= 11 is 0. The van der Waals surface area contributed by atoms with Crippen LogP contribution in [0.2, 0.25) is 0 Å². The molecular formula is C40H72O7. The molecule has 7 nitrogen and oxygen atoms in total. The smallest absolute Gasteiger partial charge is 0.230 e. The van der Waals surface area contributed by atoms with Crippen molar-refractivity contribution >= 4 is 0 Å². The van der Waals surface area contributed by atoms with Crippen LogP contribution in [0.1, 0.15) is 124 Å². The first-order valence-electron chi connectivity index (χ1n) is 18.4. The molecule has 0 saturated heterocycles. The normalized spacial score (nSPS) is 18.2. The molecule has 4 heterocycles. The highest BCUT2D eigenvalue weighted by Gasteiger charge is 2.23. The summed E-state index contributed by atoms with van der Waals surface area (Å²) in [5.74, 6) is 11.3. The molecule has 0 saturated carbocycles. The summed E-state index contributed by atoms with van der Waals surface area (Å²) in [4.78, 5) is 0. The molecule has 4 aliphatic heterocycles. The molecule has 0 bridgehead atoms. The largest absolute Gasteiger partial charge is 0.497 e. The lowest BCUT2D eigenvalue weighted by Crippen LogP contribution is -2.19.